The summed E-state index contributed by atoms with van der Waals surface area (Å²) in [7, 11) is 0. The minimum Gasteiger partial charge on any atom is -0.450 e. The van der Waals surface area contributed by atoms with Crippen LogP contribution in [0.25, 0.3) is 16.5 Å². The number of hydrogen-bond donors (Lipinski definition) is 0. The largest absolute Gasteiger partial charge is 0.450 e. The smallest absolute Gasteiger partial charge is 0.378 e. The number of carbonyl (C=O) groups is 1. The van der Waals surface area contributed by atoms with E-state index in [1.54, 1.807) is 0 Å². The Kier molecular flexibility index (Phi) is 3.73. The van der Waals surface area contributed by atoms with Crippen LogP contribution in [0.15, 0.2) is 28.1 Å². The first-order valence-corrected chi connectivity index (χ1v) is 8.23. The van der Waals surface area contributed by atoms with Crippen molar-refractivity contribution in [1.82, 2.24) is 29.7 Å². The van der Waals surface area contributed by atoms with Gasteiger partial charge in [0.15, 0.2) is 6.61 Å². The SMILES string of the molecule is Cc1cc(C)n2nc(C(=O)OCc3nc(-c4cccs4)no3)nc2n1. The third-order valence-corrected chi connectivity index (χ3v) is 4.20. The molecule has 0 fully saturated rings. The van der Waals surface area contributed by atoms with E-state index >= 15 is 0 Å². The topological polar surface area (TPSA) is 108 Å². The molecule has 0 aromatic carbocycles. The van der Waals surface area contributed by atoms with Crippen molar-refractivity contribution in [3.63, 3.8) is 0 Å². The normalized spacial score (nSPS) is 11.1. The molecule has 0 aliphatic rings. The lowest BCUT2D eigenvalue weighted by Crippen LogP contribution is -2.08. The molecule has 4 rings (SSSR count). The molecule has 0 spiro atoms. The van der Waals surface area contributed by atoms with Crippen molar-refractivity contribution in [2.75, 3.05) is 0 Å². The number of carbonyl (C=O) groups excluding carboxylic acids is 1. The summed E-state index contributed by atoms with van der Waals surface area (Å²) < 4.78 is 11.7. The molecule has 0 unspecified atom stereocenters. The number of thiophene rings is 1. The van der Waals surface area contributed by atoms with Gasteiger partial charge in [0.2, 0.25) is 5.82 Å². The lowest BCUT2D eigenvalue weighted by Gasteiger charge is -1.97. The van der Waals surface area contributed by atoms with E-state index in [0.29, 0.717) is 11.6 Å². The predicted molar refractivity (Wildman–Crippen MR) is 87.0 cm³/mol. The number of rotatable bonds is 4. The maximum absolute atomic E-state index is 12.1. The summed E-state index contributed by atoms with van der Waals surface area (Å²) in [5.74, 6) is 0.257. The van der Waals surface area contributed by atoms with E-state index < -0.39 is 5.97 Å². The Balaban J connectivity index is 1.48. The molecule has 0 saturated heterocycles. The van der Waals surface area contributed by atoms with Crippen molar-refractivity contribution in [1.29, 1.82) is 0 Å². The Morgan fingerprint density at radius 2 is 2.20 bits per heavy atom. The van der Waals surface area contributed by atoms with Crippen LogP contribution in [-0.2, 0) is 11.3 Å². The first-order valence-electron chi connectivity index (χ1n) is 7.35. The quantitative estimate of drug-likeness (QED) is 0.512. The first kappa shape index (κ1) is 15.4. The van der Waals surface area contributed by atoms with E-state index in [1.807, 2.05) is 37.4 Å². The molecular formula is C15H12N6O3S. The molecule has 4 aromatic heterocycles. The molecule has 9 nitrogen and oxygen atoms in total. The Morgan fingerprint density at radius 1 is 1.32 bits per heavy atom. The van der Waals surface area contributed by atoms with Crippen molar-refractivity contribution in [2.24, 2.45) is 0 Å². The molecule has 0 bridgehead atoms. The van der Waals surface area contributed by atoms with E-state index in [9.17, 15) is 4.79 Å². The van der Waals surface area contributed by atoms with Gasteiger partial charge >= 0.3 is 5.97 Å². The molecule has 0 radical (unpaired) electrons. The highest BCUT2D eigenvalue weighted by molar-refractivity contribution is 7.13. The first-order chi connectivity index (χ1) is 12.1. The van der Waals surface area contributed by atoms with Crippen molar-refractivity contribution in [3.8, 4) is 10.7 Å². The van der Waals surface area contributed by atoms with Crippen LogP contribution in [0.5, 0.6) is 0 Å². The van der Waals surface area contributed by atoms with Crippen molar-refractivity contribution in [2.45, 2.75) is 20.5 Å². The van der Waals surface area contributed by atoms with Gasteiger partial charge in [0.05, 0.1) is 4.88 Å². The standard InChI is InChI=1S/C15H12N6O3S/c1-8-6-9(2)21-15(16-8)18-13(19-21)14(22)23-7-11-17-12(20-24-11)10-4-3-5-25-10/h3-6H,7H2,1-2H3. The third kappa shape index (κ3) is 2.98. The molecule has 4 heterocycles. The van der Waals surface area contributed by atoms with Crippen molar-refractivity contribution in [3.05, 3.63) is 46.7 Å². The van der Waals surface area contributed by atoms with Gasteiger partial charge in [-0.1, -0.05) is 11.2 Å². The average Bonchev–Trinajstić information content (AvgIpc) is 3.31. The Hall–Kier alpha value is -3.14. The van der Waals surface area contributed by atoms with Gasteiger partial charge in [-0.25, -0.2) is 14.3 Å². The minimum absolute atomic E-state index is 0.0702. The Bertz CT molecular complexity index is 1050. The van der Waals surface area contributed by atoms with E-state index in [-0.39, 0.29) is 18.3 Å². The number of nitrogens with zero attached hydrogens (tertiary/aromatic N) is 6. The number of hydrogen-bond acceptors (Lipinski definition) is 9. The Labute approximate surface area is 145 Å². The molecular weight excluding hydrogens is 344 g/mol. The van der Waals surface area contributed by atoms with Gasteiger partial charge in [0, 0.05) is 11.4 Å². The molecule has 25 heavy (non-hydrogen) atoms. The van der Waals surface area contributed by atoms with Gasteiger partial charge < -0.3 is 9.26 Å². The second kappa shape index (κ2) is 6.06. The predicted octanol–water partition coefficient (Wildman–Crippen LogP) is 2.21. The summed E-state index contributed by atoms with van der Waals surface area (Å²) in [6.45, 7) is 3.55. The highest BCUT2D eigenvalue weighted by Gasteiger charge is 2.18. The number of aryl methyl sites for hydroxylation is 2. The van der Waals surface area contributed by atoms with Crippen LogP contribution < -0.4 is 0 Å². The molecule has 0 amide bonds. The molecule has 126 valence electrons. The van der Waals surface area contributed by atoms with Crippen LogP contribution in [0.4, 0.5) is 0 Å². The van der Waals surface area contributed by atoms with E-state index in [0.717, 1.165) is 16.3 Å². The van der Waals surface area contributed by atoms with E-state index in [4.69, 9.17) is 9.26 Å². The molecule has 0 atom stereocenters. The minimum atomic E-state index is -0.682. The zero-order chi connectivity index (χ0) is 17.4. The molecule has 0 saturated carbocycles. The Morgan fingerprint density at radius 3 is 3.00 bits per heavy atom. The van der Waals surface area contributed by atoms with Gasteiger partial charge in [-0.15, -0.1) is 16.4 Å². The van der Waals surface area contributed by atoms with Crippen LogP contribution in [0.2, 0.25) is 0 Å². The molecule has 0 aliphatic carbocycles. The molecule has 10 heteroatoms. The third-order valence-electron chi connectivity index (χ3n) is 3.34. The van der Waals surface area contributed by atoms with Crippen LogP contribution >= 0.6 is 11.3 Å². The summed E-state index contributed by atoms with van der Waals surface area (Å²) in [5, 5.41) is 9.88. The maximum atomic E-state index is 12.1. The van der Waals surface area contributed by atoms with Crippen LogP contribution in [0.1, 0.15) is 27.9 Å². The fraction of sp³-hybridized carbons (Fsp3) is 0.200. The molecule has 0 aliphatic heterocycles. The lowest BCUT2D eigenvalue weighted by atomic mass is 10.4. The summed E-state index contributed by atoms with van der Waals surface area (Å²) in [4.78, 5) is 25.5. The summed E-state index contributed by atoms with van der Waals surface area (Å²) >= 11 is 1.49. The molecule has 0 N–H and O–H groups in total. The second-order valence-electron chi connectivity index (χ2n) is 5.25. The van der Waals surface area contributed by atoms with Gasteiger partial charge in [0.25, 0.3) is 17.5 Å². The maximum Gasteiger partial charge on any atom is 0.378 e. The number of ether oxygens (including phenoxy) is 1. The van der Waals surface area contributed by atoms with Crippen molar-refractivity contribution < 1.29 is 14.1 Å². The van der Waals surface area contributed by atoms with Gasteiger partial charge in [-0.05, 0) is 31.4 Å². The highest BCUT2D eigenvalue weighted by Crippen LogP contribution is 2.21. The van der Waals surface area contributed by atoms with Crippen molar-refractivity contribution >= 4 is 23.1 Å². The highest BCUT2D eigenvalue weighted by atomic mass is 32.1. The molecule has 4 aromatic rings. The zero-order valence-electron chi connectivity index (χ0n) is 13.3. The van der Waals surface area contributed by atoms with Crippen LogP contribution in [-0.4, -0.2) is 35.7 Å². The number of esters is 1. The fourth-order valence-electron chi connectivity index (χ4n) is 2.26. The van der Waals surface area contributed by atoms with Crippen LogP contribution in [0, 0.1) is 13.8 Å². The van der Waals surface area contributed by atoms with Gasteiger partial charge in [-0.2, -0.15) is 9.97 Å². The summed E-state index contributed by atoms with van der Waals surface area (Å²) in [6.07, 6.45) is 0. The van der Waals surface area contributed by atoms with E-state index in [1.165, 1.54) is 15.9 Å². The average molecular weight is 356 g/mol. The number of fused-ring (bicyclic) bond motifs is 1. The van der Waals surface area contributed by atoms with E-state index in [2.05, 4.69) is 25.2 Å². The summed E-state index contributed by atoms with van der Waals surface area (Å²) in [6, 6.07) is 5.62. The van der Waals surface area contributed by atoms with Crippen LogP contribution in [0.3, 0.4) is 0 Å². The lowest BCUT2D eigenvalue weighted by molar-refractivity contribution is 0.0415. The van der Waals surface area contributed by atoms with Gasteiger partial charge in [0.1, 0.15) is 0 Å². The summed E-state index contributed by atoms with van der Waals surface area (Å²) in [5.41, 5.74) is 1.62. The second-order valence-corrected chi connectivity index (χ2v) is 6.20. The zero-order valence-corrected chi connectivity index (χ0v) is 14.1. The number of aromatic nitrogens is 6. The van der Waals surface area contributed by atoms with Gasteiger partial charge in [-0.3, -0.25) is 0 Å². The monoisotopic (exact) mass is 356 g/mol. The fourth-order valence-corrected chi connectivity index (χ4v) is 2.91.